The molecule has 11 heavy (non-hydrogen) atoms. The Morgan fingerprint density at radius 2 is 2.36 bits per heavy atom. The second kappa shape index (κ2) is 3.60. The summed E-state index contributed by atoms with van der Waals surface area (Å²) >= 11 is 0. The van der Waals surface area contributed by atoms with E-state index >= 15 is 0 Å². The first-order chi connectivity index (χ1) is 5.22. The molecule has 2 atom stereocenters. The van der Waals surface area contributed by atoms with E-state index in [1.165, 1.54) is 0 Å². The third-order valence-electron chi connectivity index (χ3n) is 1.87. The molecule has 0 N–H and O–H groups in total. The van der Waals surface area contributed by atoms with E-state index in [4.69, 9.17) is 9.47 Å². The Morgan fingerprint density at radius 1 is 1.64 bits per heavy atom. The maximum atomic E-state index is 10.8. The predicted molar refractivity (Wildman–Crippen MR) is 40.3 cm³/mol. The maximum absolute atomic E-state index is 10.8. The number of carbonyl (C=O) groups excluding carboxylic acids is 1. The van der Waals surface area contributed by atoms with E-state index in [2.05, 4.69) is 6.92 Å². The minimum atomic E-state index is -0.513. The van der Waals surface area contributed by atoms with Gasteiger partial charge in [0.05, 0.1) is 6.61 Å². The summed E-state index contributed by atoms with van der Waals surface area (Å²) in [5.74, 6) is 0.423. The molecule has 1 heterocycles. The van der Waals surface area contributed by atoms with Crippen molar-refractivity contribution in [1.29, 1.82) is 0 Å². The smallest absolute Gasteiger partial charge is 0.434 e. The largest absolute Gasteiger partial charge is 0.508 e. The van der Waals surface area contributed by atoms with Gasteiger partial charge in [0.1, 0.15) is 6.10 Å². The van der Waals surface area contributed by atoms with Crippen molar-refractivity contribution in [3.8, 4) is 0 Å². The van der Waals surface area contributed by atoms with E-state index in [1.807, 2.05) is 6.92 Å². The molecule has 0 aromatic rings. The molecule has 1 fully saturated rings. The van der Waals surface area contributed by atoms with Crippen LogP contribution < -0.4 is 0 Å². The molecule has 0 aromatic carbocycles. The lowest BCUT2D eigenvalue weighted by Crippen LogP contribution is -2.14. The van der Waals surface area contributed by atoms with Gasteiger partial charge in [-0.15, -0.1) is 0 Å². The van der Waals surface area contributed by atoms with Crippen molar-refractivity contribution < 1.29 is 14.3 Å². The summed E-state index contributed by atoms with van der Waals surface area (Å²) in [6.07, 6.45) is 1.34. The number of carbonyl (C=O) groups is 1. The molecular weight excluding hydrogens is 144 g/mol. The molecule has 0 aromatic heterocycles. The van der Waals surface area contributed by atoms with Crippen LogP contribution in [0.15, 0.2) is 0 Å². The highest BCUT2D eigenvalue weighted by Gasteiger charge is 2.22. The van der Waals surface area contributed by atoms with Gasteiger partial charge in [-0.1, -0.05) is 13.8 Å². The van der Waals surface area contributed by atoms with E-state index in [9.17, 15) is 4.79 Å². The fraction of sp³-hybridized carbons (Fsp3) is 0.875. The maximum Gasteiger partial charge on any atom is 0.508 e. The van der Waals surface area contributed by atoms with Crippen LogP contribution in [-0.2, 0) is 9.47 Å². The number of hydrogen-bond donors (Lipinski definition) is 0. The van der Waals surface area contributed by atoms with Gasteiger partial charge in [0.2, 0.25) is 0 Å². The summed E-state index contributed by atoms with van der Waals surface area (Å²) in [6, 6.07) is 0. The molecular formula is C8H14O3. The van der Waals surface area contributed by atoms with Crippen molar-refractivity contribution in [2.75, 3.05) is 6.61 Å². The van der Waals surface area contributed by atoms with Gasteiger partial charge in [0, 0.05) is 0 Å². The summed E-state index contributed by atoms with van der Waals surface area (Å²) in [4.78, 5) is 10.8. The Balaban J connectivity index is 2.47. The fourth-order valence-electron chi connectivity index (χ4n) is 1.20. The third-order valence-corrected chi connectivity index (χ3v) is 1.87. The van der Waals surface area contributed by atoms with Crippen molar-refractivity contribution in [2.24, 2.45) is 5.92 Å². The summed E-state index contributed by atoms with van der Waals surface area (Å²) in [7, 11) is 0. The minimum Gasteiger partial charge on any atom is -0.434 e. The lowest BCUT2D eigenvalue weighted by Gasteiger charge is -2.11. The van der Waals surface area contributed by atoms with Crippen LogP contribution in [-0.4, -0.2) is 18.9 Å². The summed E-state index contributed by atoms with van der Waals surface area (Å²) in [5.41, 5.74) is 0. The molecule has 1 saturated heterocycles. The fourth-order valence-corrected chi connectivity index (χ4v) is 1.20. The number of hydrogen-bond acceptors (Lipinski definition) is 3. The highest BCUT2D eigenvalue weighted by atomic mass is 16.7. The van der Waals surface area contributed by atoms with Gasteiger partial charge in [-0.05, 0) is 18.8 Å². The van der Waals surface area contributed by atoms with Gasteiger partial charge in [-0.2, -0.15) is 0 Å². The van der Waals surface area contributed by atoms with Crippen LogP contribution in [0.25, 0.3) is 0 Å². The van der Waals surface area contributed by atoms with Crippen LogP contribution in [0.1, 0.15) is 26.7 Å². The molecule has 0 spiro atoms. The molecule has 2 unspecified atom stereocenters. The second-order valence-electron chi connectivity index (χ2n) is 3.05. The summed E-state index contributed by atoms with van der Waals surface area (Å²) in [5, 5.41) is 0. The van der Waals surface area contributed by atoms with Gasteiger partial charge in [-0.3, -0.25) is 0 Å². The minimum absolute atomic E-state index is 0.0556. The molecule has 64 valence electrons. The predicted octanol–water partition coefficient (Wildman–Crippen LogP) is 1.96. The van der Waals surface area contributed by atoms with Crippen molar-refractivity contribution >= 4 is 6.16 Å². The Morgan fingerprint density at radius 3 is 3.00 bits per heavy atom. The SMILES string of the molecule is CCC1CC(C)COC(=O)O1. The average Bonchev–Trinajstić information content (AvgIpc) is 2.13. The summed E-state index contributed by atoms with van der Waals surface area (Å²) < 4.78 is 9.76. The van der Waals surface area contributed by atoms with Gasteiger partial charge >= 0.3 is 6.16 Å². The summed E-state index contributed by atoms with van der Waals surface area (Å²) in [6.45, 7) is 4.57. The standard InChI is InChI=1S/C8H14O3/c1-3-7-4-6(2)5-10-8(9)11-7/h6-7H,3-5H2,1-2H3. The third kappa shape index (κ3) is 2.41. The van der Waals surface area contributed by atoms with E-state index < -0.39 is 6.16 Å². The quantitative estimate of drug-likeness (QED) is 0.547. The average molecular weight is 158 g/mol. The van der Waals surface area contributed by atoms with Crippen molar-refractivity contribution in [1.82, 2.24) is 0 Å². The second-order valence-corrected chi connectivity index (χ2v) is 3.05. The van der Waals surface area contributed by atoms with E-state index in [-0.39, 0.29) is 6.10 Å². The molecule has 0 amide bonds. The monoisotopic (exact) mass is 158 g/mol. The molecule has 1 aliphatic heterocycles. The van der Waals surface area contributed by atoms with Gasteiger partial charge in [0.25, 0.3) is 0 Å². The highest BCUT2D eigenvalue weighted by Crippen LogP contribution is 2.17. The van der Waals surface area contributed by atoms with Crippen LogP contribution in [0.4, 0.5) is 4.79 Å². The van der Waals surface area contributed by atoms with Crippen molar-refractivity contribution in [3.63, 3.8) is 0 Å². The molecule has 0 saturated carbocycles. The zero-order valence-corrected chi connectivity index (χ0v) is 7.00. The van der Waals surface area contributed by atoms with Crippen LogP contribution in [0, 0.1) is 5.92 Å². The first-order valence-electron chi connectivity index (χ1n) is 4.05. The lowest BCUT2D eigenvalue weighted by molar-refractivity contribution is 0.0416. The Kier molecular flexibility index (Phi) is 2.74. The zero-order valence-electron chi connectivity index (χ0n) is 7.00. The van der Waals surface area contributed by atoms with E-state index in [1.54, 1.807) is 0 Å². The van der Waals surface area contributed by atoms with Crippen LogP contribution in [0.2, 0.25) is 0 Å². The Hall–Kier alpha value is -0.730. The first kappa shape index (κ1) is 8.37. The topological polar surface area (TPSA) is 35.5 Å². The first-order valence-corrected chi connectivity index (χ1v) is 4.05. The van der Waals surface area contributed by atoms with E-state index in [0.29, 0.717) is 12.5 Å². The number of ether oxygens (including phenoxy) is 2. The molecule has 1 aliphatic rings. The Labute approximate surface area is 66.7 Å². The zero-order chi connectivity index (χ0) is 8.27. The number of rotatable bonds is 1. The molecule has 0 bridgehead atoms. The van der Waals surface area contributed by atoms with Crippen molar-refractivity contribution in [3.05, 3.63) is 0 Å². The van der Waals surface area contributed by atoms with Crippen molar-refractivity contribution in [2.45, 2.75) is 32.8 Å². The van der Waals surface area contributed by atoms with Gasteiger partial charge in [0.15, 0.2) is 0 Å². The molecule has 3 heteroatoms. The molecule has 3 nitrogen and oxygen atoms in total. The van der Waals surface area contributed by atoms with Crippen LogP contribution in [0.5, 0.6) is 0 Å². The van der Waals surface area contributed by atoms with E-state index in [0.717, 1.165) is 12.8 Å². The van der Waals surface area contributed by atoms with Gasteiger partial charge in [-0.25, -0.2) is 4.79 Å². The molecule has 0 radical (unpaired) electrons. The van der Waals surface area contributed by atoms with Crippen LogP contribution in [0.3, 0.4) is 0 Å². The molecule has 1 rings (SSSR count). The molecule has 0 aliphatic carbocycles. The lowest BCUT2D eigenvalue weighted by atomic mass is 10.0. The number of cyclic esters (lactones) is 2. The normalized spacial score (nSPS) is 32.0. The Bertz CT molecular complexity index is 144. The van der Waals surface area contributed by atoms with Gasteiger partial charge < -0.3 is 9.47 Å². The highest BCUT2D eigenvalue weighted by molar-refractivity contribution is 5.60. The van der Waals surface area contributed by atoms with Crippen LogP contribution >= 0.6 is 0 Å².